The van der Waals surface area contributed by atoms with Crippen LogP contribution in [0.25, 0.3) is 0 Å². The van der Waals surface area contributed by atoms with Crippen molar-refractivity contribution in [2.24, 2.45) is 0 Å². The van der Waals surface area contributed by atoms with Crippen molar-refractivity contribution in [1.29, 1.82) is 0 Å². The molecule has 22 heavy (non-hydrogen) atoms. The first kappa shape index (κ1) is 15.7. The number of carboxylic acid groups (broad SMARTS) is 1. The van der Waals surface area contributed by atoms with E-state index in [0.29, 0.717) is 29.4 Å². The van der Waals surface area contributed by atoms with Gasteiger partial charge in [0, 0.05) is 5.56 Å². The lowest BCUT2D eigenvalue weighted by molar-refractivity contribution is -0.136. The molecule has 0 aromatic heterocycles. The second kappa shape index (κ2) is 7.36. The smallest absolute Gasteiger partial charge is 0.307 e. The summed E-state index contributed by atoms with van der Waals surface area (Å²) in [4.78, 5) is 11.0. The van der Waals surface area contributed by atoms with Crippen LogP contribution < -0.4 is 14.2 Å². The molecule has 2 rings (SSSR count). The van der Waals surface area contributed by atoms with Gasteiger partial charge in [-0.25, -0.2) is 0 Å². The predicted octanol–water partition coefficient (Wildman–Crippen LogP) is 2.91. The number of ether oxygens (including phenoxy) is 3. The molecular formula is C17H18O5. The highest BCUT2D eigenvalue weighted by atomic mass is 16.5. The topological polar surface area (TPSA) is 65.0 Å². The van der Waals surface area contributed by atoms with E-state index in [9.17, 15) is 4.79 Å². The molecule has 0 spiro atoms. The Kier molecular flexibility index (Phi) is 5.25. The fraction of sp³-hybridized carbons (Fsp3) is 0.235. The van der Waals surface area contributed by atoms with E-state index in [2.05, 4.69) is 0 Å². The minimum absolute atomic E-state index is 0.148. The highest BCUT2D eigenvalue weighted by Gasteiger charge is 2.18. The Morgan fingerprint density at radius 3 is 2.32 bits per heavy atom. The minimum atomic E-state index is -0.934. The summed E-state index contributed by atoms with van der Waals surface area (Å²) in [5.74, 6) is 0.363. The molecule has 0 aliphatic carbocycles. The number of carbonyl (C=O) groups is 1. The predicted molar refractivity (Wildman–Crippen MR) is 81.7 cm³/mol. The summed E-state index contributed by atoms with van der Waals surface area (Å²) < 4.78 is 16.4. The zero-order chi connectivity index (χ0) is 15.9. The van der Waals surface area contributed by atoms with Crippen LogP contribution in [0.2, 0.25) is 0 Å². The van der Waals surface area contributed by atoms with Crippen LogP contribution in [0, 0.1) is 0 Å². The lowest BCUT2D eigenvalue weighted by atomic mass is 10.1. The molecule has 0 amide bonds. The molecule has 0 radical (unpaired) electrons. The maximum Gasteiger partial charge on any atom is 0.307 e. The molecule has 5 heteroatoms. The largest absolute Gasteiger partial charge is 0.493 e. The molecular weight excluding hydrogens is 284 g/mol. The molecule has 0 bridgehead atoms. The fourth-order valence-corrected chi connectivity index (χ4v) is 2.13. The first-order valence-electron chi connectivity index (χ1n) is 6.78. The fourth-order valence-electron chi connectivity index (χ4n) is 2.13. The van der Waals surface area contributed by atoms with Crippen molar-refractivity contribution in [2.45, 2.75) is 13.0 Å². The van der Waals surface area contributed by atoms with Gasteiger partial charge in [0.25, 0.3) is 0 Å². The van der Waals surface area contributed by atoms with Gasteiger partial charge in [-0.3, -0.25) is 4.79 Å². The van der Waals surface area contributed by atoms with Crippen molar-refractivity contribution in [1.82, 2.24) is 0 Å². The third kappa shape index (κ3) is 3.69. The van der Waals surface area contributed by atoms with Crippen LogP contribution in [0.15, 0.2) is 42.5 Å². The van der Waals surface area contributed by atoms with Gasteiger partial charge in [-0.05, 0) is 11.6 Å². The molecule has 0 heterocycles. The van der Waals surface area contributed by atoms with E-state index in [1.807, 2.05) is 30.3 Å². The van der Waals surface area contributed by atoms with Crippen molar-refractivity contribution in [3.05, 3.63) is 53.6 Å². The first-order chi connectivity index (χ1) is 10.7. The van der Waals surface area contributed by atoms with Crippen LogP contribution in [0.3, 0.4) is 0 Å². The van der Waals surface area contributed by atoms with E-state index in [1.54, 1.807) is 12.1 Å². The summed E-state index contributed by atoms with van der Waals surface area (Å²) in [6.45, 7) is 0.316. The molecule has 2 aromatic carbocycles. The number of carboxylic acids is 1. The minimum Gasteiger partial charge on any atom is -0.493 e. The van der Waals surface area contributed by atoms with Gasteiger partial charge >= 0.3 is 5.97 Å². The number of hydrogen-bond donors (Lipinski definition) is 1. The average Bonchev–Trinajstić information content (AvgIpc) is 2.53. The van der Waals surface area contributed by atoms with Gasteiger partial charge in [0.05, 0.1) is 20.6 Å². The Bertz CT molecular complexity index is 637. The third-order valence-electron chi connectivity index (χ3n) is 3.15. The van der Waals surface area contributed by atoms with E-state index in [1.165, 1.54) is 14.2 Å². The Balaban J connectivity index is 2.34. The van der Waals surface area contributed by atoms with E-state index in [4.69, 9.17) is 19.3 Å². The van der Waals surface area contributed by atoms with Gasteiger partial charge in [-0.1, -0.05) is 36.4 Å². The van der Waals surface area contributed by atoms with Crippen LogP contribution in [0.4, 0.5) is 0 Å². The maximum absolute atomic E-state index is 11.0. The van der Waals surface area contributed by atoms with Crippen LogP contribution in [-0.4, -0.2) is 25.3 Å². The Morgan fingerprint density at radius 2 is 1.73 bits per heavy atom. The monoisotopic (exact) mass is 302 g/mol. The molecule has 1 N–H and O–H groups in total. The summed E-state index contributed by atoms with van der Waals surface area (Å²) in [6.07, 6.45) is -0.148. The van der Waals surface area contributed by atoms with Crippen LogP contribution >= 0.6 is 0 Å². The van der Waals surface area contributed by atoms with Crippen molar-refractivity contribution < 1.29 is 24.1 Å². The van der Waals surface area contributed by atoms with Gasteiger partial charge in [0.15, 0.2) is 11.5 Å². The number of aliphatic carboxylic acids is 1. The van der Waals surface area contributed by atoms with Gasteiger partial charge in [0.1, 0.15) is 6.61 Å². The van der Waals surface area contributed by atoms with Gasteiger partial charge in [0.2, 0.25) is 5.75 Å². The molecule has 0 fully saturated rings. The van der Waals surface area contributed by atoms with Gasteiger partial charge < -0.3 is 19.3 Å². The molecule has 0 aliphatic rings. The van der Waals surface area contributed by atoms with Crippen molar-refractivity contribution in [2.75, 3.05) is 14.2 Å². The van der Waals surface area contributed by atoms with E-state index in [0.717, 1.165) is 5.56 Å². The summed E-state index contributed by atoms with van der Waals surface area (Å²) in [6, 6.07) is 13.0. The van der Waals surface area contributed by atoms with Gasteiger partial charge in [-0.2, -0.15) is 0 Å². The Morgan fingerprint density at radius 1 is 1.00 bits per heavy atom. The first-order valence-corrected chi connectivity index (χ1v) is 6.78. The molecule has 116 valence electrons. The summed E-state index contributed by atoms with van der Waals surface area (Å²) in [5.41, 5.74) is 1.52. The number of methoxy groups -OCH3 is 2. The van der Waals surface area contributed by atoms with E-state index in [-0.39, 0.29) is 6.42 Å². The molecule has 5 nitrogen and oxygen atoms in total. The van der Waals surface area contributed by atoms with E-state index < -0.39 is 5.97 Å². The quantitative estimate of drug-likeness (QED) is 0.852. The highest BCUT2D eigenvalue weighted by molar-refractivity contribution is 5.73. The SMILES string of the molecule is COc1ccc(CC(=O)O)c(OCc2ccccc2)c1OC. The van der Waals surface area contributed by atoms with Crippen molar-refractivity contribution in [3.8, 4) is 17.2 Å². The molecule has 0 unspecified atom stereocenters. The lowest BCUT2D eigenvalue weighted by Gasteiger charge is -2.17. The average molecular weight is 302 g/mol. The second-order valence-electron chi connectivity index (χ2n) is 4.63. The van der Waals surface area contributed by atoms with Crippen molar-refractivity contribution >= 4 is 5.97 Å². The maximum atomic E-state index is 11.0. The highest BCUT2D eigenvalue weighted by Crippen LogP contribution is 2.40. The molecule has 0 saturated carbocycles. The summed E-state index contributed by atoms with van der Waals surface area (Å²) in [5, 5.41) is 9.04. The molecule has 0 saturated heterocycles. The van der Waals surface area contributed by atoms with Crippen LogP contribution in [0.5, 0.6) is 17.2 Å². The molecule has 0 aliphatic heterocycles. The van der Waals surface area contributed by atoms with Crippen LogP contribution in [0.1, 0.15) is 11.1 Å². The van der Waals surface area contributed by atoms with Crippen LogP contribution in [-0.2, 0) is 17.8 Å². The summed E-state index contributed by atoms with van der Waals surface area (Å²) in [7, 11) is 3.02. The third-order valence-corrected chi connectivity index (χ3v) is 3.15. The van der Waals surface area contributed by atoms with E-state index >= 15 is 0 Å². The lowest BCUT2D eigenvalue weighted by Crippen LogP contribution is -2.06. The van der Waals surface area contributed by atoms with Gasteiger partial charge in [-0.15, -0.1) is 0 Å². The normalized spacial score (nSPS) is 10.1. The second-order valence-corrected chi connectivity index (χ2v) is 4.63. The number of benzene rings is 2. The Labute approximate surface area is 129 Å². The zero-order valence-electron chi connectivity index (χ0n) is 12.5. The molecule has 2 aromatic rings. The molecule has 0 atom stereocenters. The standard InChI is InChI=1S/C17H18O5/c1-20-14-9-8-13(10-15(18)19)16(17(14)21-2)22-11-12-6-4-3-5-7-12/h3-9H,10-11H2,1-2H3,(H,18,19). The van der Waals surface area contributed by atoms with Crippen molar-refractivity contribution in [3.63, 3.8) is 0 Å². The Hall–Kier alpha value is -2.69. The zero-order valence-corrected chi connectivity index (χ0v) is 12.5. The number of hydrogen-bond acceptors (Lipinski definition) is 4. The number of rotatable bonds is 7. The summed E-state index contributed by atoms with van der Waals surface area (Å²) >= 11 is 0.